The van der Waals surface area contributed by atoms with Crippen molar-refractivity contribution in [2.24, 2.45) is 0 Å². The molecule has 0 heteroatoms. The molecular formula is C14H22. The summed E-state index contributed by atoms with van der Waals surface area (Å²) in [7, 11) is 0. The molecule has 0 nitrogen and oxygen atoms in total. The van der Waals surface area contributed by atoms with Crippen molar-refractivity contribution in [2.75, 3.05) is 0 Å². The summed E-state index contributed by atoms with van der Waals surface area (Å²) in [4.78, 5) is 0. The highest BCUT2D eigenvalue weighted by atomic mass is 14.0. The van der Waals surface area contributed by atoms with Crippen molar-refractivity contribution in [3.8, 4) is 11.8 Å². The number of allylic oxidation sites excluding steroid dienone is 1. The van der Waals surface area contributed by atoms with Crippen molar-refractivity contribution in [1.82, 2.24) is 0 Å². The Kier molecular flexibility index (Phi) is 8.10. The second-order valence-corrected chi connectivity index (χ2v) is 3.32. The van der Waals surface area contributed by atoms with Crippen LogP contribution in [0.4, 0.5) is 0 Å². The topological polar surface area (TPSA) is 0 Å². The maximum atomic E-state index is 3.45. The van der Waals surface area contributed by atoms with E-state index in [0.29, 0.717) is 0 Å². The predicted molar refractivity (Wildman–Crippen MR) is 64.1 cm³/mol. The van der Waals surface area contributed by atoms with E-state index in [9.17, 15) is 0 Å². The van der Waals surface area contributed by atoms with Crippen LogP contribution in [0.1, 0.15) is 59.8 Å². The summed E-state index contributed by atoms with van der Waals surface area (Å²) in [5.41, 5.74) is 6.02. The van der Waals surface area contributed by atoms with Crippen LogP contribution >= 0.6 is 0 Å². The Morgan fingerprint density at radius 1 is 1.00 bits per heavy atom. The van der Waals surface area contributed by atoms with Gasteiger partial charge in [0.2, 0.25) is 0 Å². The van der Waals surface area contributed by atoms with Crippen molar-refractivity contribution in [3.05, 3.63) is 16.9 Å². The Bertz CT molecular complexity index is 264. The third-order valence-electron chi connectivity index (χ3n) is 2.08. The fourth-order valence-corrected chi connectivity index (χ4v) is 1.25. The Hall–Kier alpha value is -0.920. The smallest absolute Gasteiger partial charge is 0.0434 e. The fraction of sp³-hybridized carbons (Fsp3) is 0.643. The van der Waals surface area contributed by atoms with Gasteiger partial charge in [-0.2, -0.15) is 0 Å². The van der Waals surface area contributed by atoms with E-state index in [4.69, 9.17) is 0 Å². The van der Waals surface area contributed by atoms with Gasteiger partial charge in [0.25, 0.3) is 0 Å². The third-order valence-corrected chi connectivity index (χ3v) is 2.08. The zero-order valence-electron chi connectivity index (χ0n) is 10.0. The molecule has 0 aromatic heterocycles. The molecule has 0 bridgehead atoms. The minimum absolute atomic E-state index is 0.931. The standard InChI is InChI=1S/C14H22/c1-5-9-11-14(8-4)12-13(7-3)10-6-2/h5-8,10H2,1-4H3. The average Bonchev–Trinajstić information content (AvgIpc) is 2.22. The van der Waals surface area contributed by atoms with Gasteiger partial charge >= 0.3 is 0 Å². The quantitative estimate of drug-likeness (QED) is 0.453. The first kappa shape index (κ1) is 13.1. The Balaban J connectivity index is 4.81. The minimum atomic E-state index is 0.931. The summed E-state index contributed by atoms with van der Waals surface area (Å²) in [5, 5.41) is 0. The highest BCUT2D eigenvalue weighted by molar-refractivity contribution is 5.29. The van der Waals surface area contributed by atoms with Gasteiger partial charge < -0.3 is 0 Å². The van der Waals surface area contributed by atoms with Crippen LogP contribution in [0.15, 0.2) is 16.9 Å². The molecule has 0 radical (unpaired) electrons. The monoisotopic (exact) mass is 190 g/mol. The van der Waals surface area contributed by atoms with E-state index in [1.54, 1.807) is 0 Å². The summed E-state index contributed by atoms with van der Waals surface area (Å²) < 4.78 is 0. The van der Waals surface area contributed by atoms with E-state index >= 15 is 0 Å². The van der Waals surface area contributed by atoms with Gasteiger partial charge in [0.05, 0.1) is 0 Å². The molecule has 0 fully saturated rings. The van der Waals surface area contributed by atoms with E-state index in [-0.39, 0.29) is 0 Å². The van der Waals surface area contributed by atoms with Crippen molar-refractivity contribution < 1.29 is 0 Å². The van der Waals surface area contributed by atoms with E-state index < -0.39 is 0 Å². The lowest BCUT2D eigenvalue weighted by atomic mass is 10.1. The lowest BCUT2D eigenvalue weighted by molar-refractivity contribution is 0.859. The molecule has 0 saturated heterocycles. The van der Waals surface area contributed by atoms with Crippen molar-refractivity contribution in [1.29, 1.82) is 0 Å². The first-order valence-electron chi connectivity index (χ1n) is 5.74. The van der Waals surface area contributed by atoms with Gasteiger partial charge in [-0.3, -0.25) is 0 Å². The van der Waals surface area contributed by atoms with Crippen LogP contribution in [0.5, 0.6) is 0 Å². The molecular weight excluding hydrogens is 168 g/mol. The predicted octanol–water partition coefficient (Wildman–Crippen LogP) is 4.47. The zero-order valence-corrected chi connectivity index (χ0v) is 10.0. The molecule has 0 aliphatic carbocycles. The van der Waals surface area contributed by atoms with E-state index in [0.717, 1.165) is 31.3 Å². The zero-order chi connectivity index (χ0) is 10.8. The van der Waals surface area contributed by atoms with E-state index in [2.05, 4.69) is 45.3 Å². The summed E-state index contributed by atoms with van der Waals surface area (Å²) in [6.07, 6.45) is 5.40. The Labute approximate surface area is 89.1 Å². The minimum Gasteiger partial charge on any atom is -0.109 e. The van der Waals surface area contributed by atoms with Gasteiger partial charge in [-0.25, -0.2) is 0 Å². The maximum Gasteiger partial charge on any atom is 0.0434 e. The molecule has 0 amide bonds. The van der Waals surface area contributed by atoms with E-state index in [1.165, 1.54) is 12.0 Å². The highest BCUT2D eigenvalue weighted by Gasteiger charge is 1.92. The molecule has 0 aliphatic rings. The Morgan fingerprint density at radius 3 is 2.14 bits per heavy atom. The number of hydrogen-bond acceptors (Lipinski definition) is 0. The second kappa shape index (κ2) is 8.67. The Morgan fingerprint density at radius 2 is 1.71 bits per heavy atom. The number of rotatable bonds is 4. The molecule has 0 heterocycles. The summed E-state index contributed by atoms with van der Waals surface area (Å²) in [6, 6.07) is 0. The molecule has 0 saturated carbocycles. The van der Waals surface area contributed by atoms with Crippen LogP contribution in [0.3, 0.4) is 0 Å². The van der Waals surface area contributed by atoms with Gasteiger partial charge in [0.1, 0.15) is 0 Å². The lowest BCUT2D eigenvalue weighted by Gasteiger charge is -1.97. The summed E-state index contributed by atoms with van der Waals surface area (Å²) in [6.45, 7) is 8.63. The van der Waals surface area contributed by atoms with Gasteiger partial charge in [-0.15, -0.1) is 5.73 Å². The molecule has 0 N–H and O–H groups in total. The van der Waals surface area contributed by atoms with Crippen LogP contribution < -0.4 is 0 Å². The van der Waals surface area contributed by atoms with Crippen molar-refractivity contribution in [3.63, 3.8) is 0 Å². The first-order chi connectivity index (χ1) is 6.78. The van der Waals surface area contributed by atoms with Gasteiger partial charge in [0.15, 0.2) is 0 Å². The summed E-state index contributed by atoms with van der Waals surface area (Å²) >= 11 is 0. The normalized spacial score (nSPS) is 8.57. The second-order valence-electron chi connectivity index (χ2n) is 3.32. The van der Waals surface area contributed by atoms with E-state index in [1.807, 2.05) is 0 Å². The molecule has 14 heavy (non-hydrogen) atoms. The highest BCUT2D eigenvalue weighted by Crippen LogP contribution is 2.09. The van der Waals surface area contributed by atoms with Crippen LogP contribution in [0.25, 0.3) is 0 Å². The molecule has 0 spiro atoms. The van der Waals surface area contributed by atoms with Crippen LogP contribution in [0.2, 0.25) is 0 Å². The van der Waals surface area contributed by atoms with Gasteiger partial charge in [0, 0.05) is 12.0 Å². The van der Waals surface area contributed by atoms with Crippen LogP contribution in [-0.4, -0.2) is 0 Å². The molecule has 0 aliphatic heterocycles. The molecule has 0 rings (SSSR count). The molecule has 0 atom stereocenters. The van der Waals surface area contributed by atoms with Crippen LogP contribution in [0, 0.1) is 11.8 Å². The maximum absolute atomic E-state index is 3.45. The number of hydrogen-bond donors (Lipinski definition) is 0. The van der Waals surface area contributed by atoms with Gasteiger partial charge in [-0.05, 0) is 24.8 Å². The summed E-state index contributed by atoms with van der Waals surface area (Å²) in [5.74, 6) is 6.28. The molecule has 78 valence electrons. The average molecular weight is 190 g/mol. The first-order valence-corrected chi connectivity index (χ1v) is 5.74. The molecule has 0 aromatic rings. The third kappa shape index (κ3) is 5.68. The lowest BCUT2D eigenvalue weighted by Crippen LogP contribution is -1.80. The fourth-order valence-electron chi connectivity index (χ4n) is 1.25. The van der Waals surface area contributed by atoms with Gasteiger partial charge in [-0.1, -0.05) is 46.0 Å². The van der Waals surface area contributed by atoms with Crippen LogP contribution in [-0.2, 0) is 0 Å². The molecule has 0 unspecified atom stereocenters. The molecule has 0 aromatic carbocycles. The largest absolute Gasteiger partial charge is 0.109 e. The van der Waals surface area contributed by atoms with Crippen molar-refractivity contribution >= 4 is 0 Å². The SMILES string of the molecule is CCC#CC(=C=C(CC)CCC)CC. The van der Waals surface area contributed by atoms with Crippen molar-refractivity contribution in [2.45, 2.75) is 59.8 Å².